The van der Waals surface area contributed by atoms with Gasteiger partial charge in [0.15, 0.2) is 0 Å². The molecule has 0 bridgehead atoms. The standard InChI is InChI=1S/C10H9N3O3/c1-7-11-12-9(16-7)13(10(14)15)8-5-3-2-4-6-8/h2-6H,1H3,(H,14,15). The van der Waals surface area contributed by atoms with Gasteiger partial charge in [-0.15, -0.1) is 5.10 Å². The van der Waals surface area contributed by atoms with Crippen LogP contribution in [0.3, 0.4) is 0 Å². The molecule has 16 heavy (non-hydrogen) atoms. The van der Waals surface area contributed by atoms with Crippen LogP contribution in [0.1, 0.15) is 5.89 Å². The number of nitrogens with zero attached hydrogens (tertiary/aromatic N) is 3. The van der Waals surface area contributed by atoms with Crippen LogP contribution in [-0.2, 0) is 0 Å². The lowest BCUT2D eigenvalue weighted by atomic mass is 10.3. The number of rotatable bonds is 2. The summed E-state index contributed by atoms with van der Waals surface area (Å²) < 4.78 is 5.08. The van der Waals surface area contributed by atoms with Crippen molar-refractivity contribution in [1.29, 1.82) is 0 Å². The van der Waals surface area contributed by atoms with Gasteiger partial charge in [0.05, 0.1) is 5.69 Å². The van der Waals surface area contributed by atoms with Crippen molar-refractivity contribution in [3.8, 4) is 0 Å². The molecule has 0 spiro atoms. The molecule has 1 heterocycles. The minimum absolute atomic E-state index is 0.0591. The molecular weight excluding hydrogens is 210 g/mol. The maximum atomic E-state index is 11.1. The second-order valence-corrected chi connectivity index (χ2v) is 3.06. The molecule has 0 atom stereocenters. The first-order chi connectivity index (χ1) is 7.68. The van der Waals surface area contributed by atoms with Crippen LogP contribution < -0.4 is 4.90 Å². The van der Waals surface area contributed by atoms with Gasteiger partial charge in [-0.05, 0) is 12.1 Å². The predicted molar refractivity (Wildman–Crippen MR) is 55.6 cm³/mol. The van der Waals surface area contributed by atoms with Gasteiger partial charge >= 0.3 is 12.1 Å². The summed E-state index contributed by atoms with van der Waals surface area (Å²) in [7, 11) is 0. The minimum atomic E-state index is -1.17. The predicted octanol–water partition coefficient (Wildman–Crippen LogP) is 2.19. The van der Waals surface area contributed by atoms with Gasteiger partial charge in [0.25, 0.3) is 0 Å². The van der Waals surface area contributed by atoms with Crippen molar-refractivity contribution in [3.05, 3.63) is 36.2 Å². The van der Waals surface area contributed by atoms with E-state index in [1.54, 1.807) is 37.3 Å². The summed E-state index contributed by atoms with van der Waals surface area (Å²) in [5.41, 5.74) is 0.457. The lowest BCUT2D eigenvalue weighted by Gasteiger charge is -2.13. The Balaban J connectivity index is 2.43. The fourth-order valence-corrected chi connectivity index (χ4v) is 1.26. The van der Waals surface area contributed by atoms with E-state index in [1.165, 1.54) is 0 Å². The molecule has 1 aromatic carbocycles. The lowest BCUT2D eigenvalue weighted by Crippen LogP contribution is -2.23. The Morgan fingerprint density at radius 2 is 2.00 bits per heavy atom. The zero-order valence-electron chi connectivity index (χ0n) is 8.49. The van der Waals surface area contributed by atoms with Crippen LogP contribution in [0.25, 0.3) is 0 Å². The molecule has 1 amide bonds. The highest BCUT2D eigenvalue weighted by Crippen LogP contribution is 2.23. The highest BCUT2D eigenvalue weighted by Gasteiger charge is 2.21. The maximum absolute atomic E-state index is 11.1. The molecule has 0 aliphatic heterocycles. The molecule has 2 rings (SSSR count). The zero-order valence-corrected chi connectivity index (χ0v) is 8.49. The van der Waals surface area contributed by atoms with E-state index in [4.69, 9.17) is 9.52 Å². The second kappa shape index (κ2) is 4.01. The third kappa shape index (κ3) is 1.85. The minimum Gasteiger partial charge on any atom is -0.464 e. The Bertz CT molecular complexity index is 495. The maximum Gasteiger partial charge on any atom is 0.420 e. The highest BCUT2D eigenvalue weighted by atomic mass is 16.4. The first kappa shape index (κ1) is 10.2. The Morgan fingerprint density at radius 3 is 2.50 bits per heavy atom. The number of aryl methyl sites for hydroxylation is 1. The van der Waals surface area contributed by atoms with Gasteiger partial charge in [-0.25, -0.2) is 4.79 Å². The van der Waals surface area contributed by atoms with Crippen LogP contribution in [0.4, 0.5) is 16.5 Å². The normalized spacial score (nSPS) is 10.1. The summed E-state index contributed by atoms with van der Waals surface area (Å²) in [4.78, 5) is 12.0. The van der Waals surface area contributed by atoms with Gasteiger partial charge in [-0.3, -0.25) is 0 Å². The highest BCUT2D eigenvalue weighted by molar-refractivity contribution is 5.91. The second-order valence-electron chi connectivity index (χ2n) is 3.06. The number of carbonyl (C=O) groups is 1. The number of amides is 1. The molecule has 2 aromatic rings. The monoisotopic (exact) mass is 219 g/mol. The average molecular weight is 219 g/mol. The average Bonchev–Trinajstić information content (AvgIpc) is 2.66. The van der Waals surface area contributed by atoms with Crippen molar-refractivity contribution in [1.82, 2.24) is 10.2 Å². The van der Waals surface area contributed by atoms with Gasteiger partial charge in [0, 0.05) is 6.92 Å². The van der Waals surface area contributed by atoms with Gasteiger partial charge in [0.1, 0.15) is 0 Å². The molecule has 1 aromatic heterocycles. The van der Waals surface area contributed by atoms with Crippen molar-refractivity contribution >= 4 is 17.8 Å². The number of para-hydroxylation sites is 1. The number of hydrogen-bond donors (Lipinski definition) is 1. The van der Waals surface area contributed by atoms with E-state index in [-0.39, 0.29) is 6.01 Å². The topological polar surface area (TPSA) is 79.5 Å². The van der Waals surface area contributed by atoms with Gasteiger partial charge in [-0.1, -0.05) is 23.3 Å². The molecular formula is C10H9N3O3. The summed E-state index contributed by atoms with van der Waals surface area (Å²) >= 11 is 0. The van der Waals surface area contributed by atoms with Crippen LogP contribution in [0.5, 0.6) is 0 Å². The van der Waals surface area contributed by atoms with Gasteiger partial charge in [0.2, 0.25) is 5.89 Å². The molecule has 1 N–H and O–H groups in total. The molecule has 6 heteroatoms. The third-order valence-electron chi connectivity index (χ3n) is 1.91. The molecule has 0 aliphatic rings. The lowest BCUT2D eigenvalue weighted by molar-refractivity contribution is 0.203. The number of hydrogen-bond acceptors (Lipinski definition) is 4. The van der Waals surface area contributed by atoms with Crippen molar-refractivity contribution in [2.24, 2.45) is 0 Å². The third-order valence-corrected chi connectivity index (χ3v) is 1.91. The largest absolute Gasteiger partial charge is 0.464 e. The van der Waals surface area contributed by atoms with E-state index in [0.717, 1.165) is 4.90 Å². The fraction of sp³-hybridized carbons (Fsp3) is 0.100. The first-order valence-electron chi connectivity index (χ1n) is 4.56. The van der Waals surface area contributed by atoms with E-state index >= 15 is 0 Å². The fourth-order valence-electron chi connectivity index (χ4n) is 1.26. The number of benzene rings is 1. The molecule has 0 fully saturated rings. The SMILES string of the molecule is Cc1nnc(N(C(=O)O)c2ccccc2)o1. The summed E-state index contributed by atoms with van der Waals surface area (Å²) in [6.07, 6.45) is -1.17. The Hall–Kier alpha value is -2.37. The summed E-state index contributed by atoms with van der Waals surface area (Å²) in [5.74, 6) is 0.317. The van der Waals surface area contributed by atoms with Crippen molar-refractivity contribution in [3.63, 3.8) is 0 Å². The smallest absolute Gasteiger partial charge is 0.420 e. The van der Waals surface area contributed by atoms with Crippen molar-refractivity contribution in [2.75, 3.05) is 4.90 Å². The Morgan fingerprint density at radius 1 is 1.31 bits per heavy atom. The van der Waals surface area contributed by atoms with E-state index in [2.05, 4.69) is 10.2 Å². The Labute approximate surface area is 91.1 Å². The van der Waals surface area contributed by atoms with E-state index in [9.17, 15) is 4.79 Å². The van der Waals surface area contributed by atoms with E-state index < -0.39 is 6.09 Å². The molecule has 0 saturated heterocycles. The summed E-state index contributed by atoms with van der Waals surface area (Å²) in [6.45, 7) is 1.60. The molecule has 0 radical (unpaired) electrons. The van der Waals surface area contributed by atoms with Crippen molar-refractivity contribution in [2.45, 2.75) is 6.92 Å². The summed E-state index contributed by atoms with van der Waals surface area (Å²) in [6, 6.07) is 8.49. The molecule has 0 saturated carbocycles. The Kier molecular flexibility index (Phi) is 2.55. The molecule has 6 nitrogen and oxygen atoms in total. The van der Waals surface area contributed by atoms with Gasteiger partial charge < -0.3 is 9.52 Å². The van der Waals surface area contributed by atoms with E-state index in [0.29, 0.717) is 11.6 Å². The van der Waals surface area contributed by atoms with Crippen LogP contribution in [-0.4, -0.2) is 21.4 Å². The summed E-state index contributed by atoms with van der Waals surface area (Å²) in [5, 5.41) is 16.4. The van der Waals surface area contributed by atoms with Crippen LogP contribution >= 0.6 is 0 Å². The number of aromatic nitrogens is 2. The van der Waals surface area contributed by atoms with E-state index in [1.807, 2.05) is 0 Å². The molecule has 82 valence electrons. The zero-order chi connectivity index (χ0) is 11.5. The van der Waals surface area contributed by atoms with Gasteiger partial charge in [-0.2, -0.15) is 4.90 Å². The number of anilines is 2. The van der Waals surface area contributed by atoms with Crippen LogP contribution in [0.15, 0.2) is 34.7 Å². The van der Waals surface area contributed by atoms with Crippen LogP contribution in [0, 0.1) is 6.92 Å². The quantitative estimate of drug-likeness (QED) is 0.837. The first-order valence-corrected chi connectivity index (χ1v) is 4.56. The van der Waals surface area contributed by atoms with Crippen molar-refractivity contribution < 1.29 is 14.3 Å². The molecule has 0 unspecified atom stereocenters. The number of carboxylic acid groups (broad SMARTS) is 1. The van der Waals surface area contributed by atoms with Crippen LogP contribution in [0.2, 0.25) is 0 Å². The molecule has 0 aliphatic carbocycles.